The number of aromatic nitrogens is 2. The minimum atomic E-state index is -1.04. The summed E-state index contributed by atoms with van der Waals surface area (Å²) < 4.78 is 0. The summed E-state index contributed by atoms with van der Waals surface area (Å²) in [5.41, 5.74) is 2.77. The predicted molar refractivity (Wildman–Crippen MR) is 68.5 cm³/mol. The average Bonchev–Trinajstić information content (AvgIpc) is 2.39. The first-order valence-electron chi connectivity index (χ1n) is 5.73. The van der Waals surface area contributed by atoms with Crippen LogP contribution < -0.4 is 0 Å². The van der Waals surface area contributed by atoms with Crippen LogP contribution in [-0.2, 0) is 0 Å². The van der Waals surface area contributed by atoms with Gasteiger partial charge in [0.25, 0.3) is 0 Å². The number of nitrogens with zero attached hydrogens (tertiary/aromatic N) is 2. The van der Waals surface area contributed by atoms with Crippen LogP contribution in [0.5, 0.6) is 0 Å². The molecule has 0 unspecified atom stereocenters. The van der Waals surface area contributed by atoms with Crippen molar-refractivity contribution in [2.45, 2.75) is 19.8 Å². The van der Waals surface area contributed by atoms with Gasteiger partial charge in [-0.15, -0.1) is 0 Å². The van der Waals surface area contributed by atoms with Gasteiger partial charge >= 0.3 is 5.97 Å². The lowest BCUT2D eigenvalue weighted by Gasteiger charge is -2.06. The van der Waals surface area contributed by atoms with E-state index in [2.05, 4.69) is 23.8 Å². The first-order valence-corrected chi connectivity index (χ1v) is 5.73. The molecule has 92 valence electrons. The highest BCUT2D eigenvalue weighted by Gasteiger charge is 2.07. The van der Waals surface area contributed by atoms with Gasteiger partial charge in [-0.05, 0) is 17.5 Å². The van der Waals surface area contributed by atoms with E-state index in [-0.39, 0.29) is 5.69 Å². The van der Waals surface area contributed by atoms with E-state index < -0.39 is 5.97 Å². The quantitative estimate of drug-likeness (QED) is 0.898. The Balaban J connectivity index is 2.36. The zero-order valence-corrected chi connectivity index (χ0v) is 10.3. The monoisotopic (exact) mass is 242 g/mol. The van der Waals surface area contributed by atoms with Crippen molar-refractivity contribution in [2.24, 2.45) is 0 Å². The van der Waals surface area contributed by atoms with Gasteiger partial charge in [-0.1, -0.05) is 38.1 Å². The number of carbonyl (C=O) groups is 1. The van der Waals surface area contributed by atoms with Crippen LogP contribution in [0.15, 0.2) is 36.7 Å². The molecule has 1 heterocycles. The Morgan fingerprint density at radius 2 is 1.83 bits per heavy atom. The van der Waals surface area contributed by atoms with Crippen LogP contribution in [0.25, 0.3) is 11.3 Å². The fraction of sp³-hybridized carbons (Fsp3) is 0.214. The molecule has 0 aliphatic carbocycles. The third kappa shape index (κ3) is 2.53. The van der Waals surface area contributed by atoms with Crippen molar-refractivity contribution in [3.05, 3.63) is 47.9 Å². The maximum absolute atomic E-state index is 10.8. The largest absolute Gasteiger partial charge is 0.477 e. The molecule has 1 aromatic heterocycles. The summed E-state index contributed by atoms with van der Waals surface area (Å²) in [6.45, 7) is 4.25. The molecule has 0 fully saturated rings. The van der Waals surface area contributed by atoms with E-state index in [0.29, 0.717) is 11.6 Å². The molecule has 1 aromatic carbocycles. The maximum Gasteiger partial charge on any atom is 0.354 e. The maximum atomic E-state index is 10.8. The van der Waals surface area contributed by atoms with Crippen LogP contribution in [0.3, 0.4) is 0 Å². The van der Waals surface area contributed by atoms with Crippen LogP contribution in [0.4, 0.5) is 0 Å². The van der Waals surface area contributed by atoms with E-state index >= 15 is 0 Å². The van der Waals surface area contributed by atoms with Gasteiger partial charge in [-0.25, -0.2) is 14.8 Å². The molecule has 0 aliphatic heterocycles. The van der Waals surface area contributed by atoms with Crippen LogP contribution in [0.1, 0.15) is 35.8 Å². The lowest BCUT2D eigenvalue weighted by molar-refractivity contribution is 0.0690. The van der Waals surface area contributed by atoms with Gasteiger partial charge in [0.2, 0.25) is 0 Å². The summed E-state index contributed by atoms with van der Waals surface area (Å²) in [6, 6.07) is 9.43. The number of hydrogen-bond acceptors (Lipinski definition) is 3. The Morgan fingerprint density at radius 3 is 2.39 bits per heavy atom. The Kier molecular flexibility index (Phi) is 3.37. The molecular weight excluding hydrogens is 228 g/mol. The lowest BCUT2D eigenvalue weighted by atomic mass is 10.0. The van der Waals surface area contributed by atoms with Crippen molar-refractivity contribution in [1.82, 2.24) is 9.97 Å². The molecule has 0 spiro atoms. The lowest BCUT2D eigenvalue weighted by Crippen LogP contribution is -2.01. The molecule has 0 saturated heterocycles. The normalized spacial score (nSPS) is 10.6. The zero-order valence-electron chi connectivity index (χ0n) is 10.3. The van der Waals surface area contributed by atoms with Crippen molar-refractivity contribution >= 4 is 5.97 Å². The zero-order chi connectivity index (χ0) is 13.1. The second-order valence-electron chi connectivity index (χ2n) is 4.37. The topological polar surface area (TPSA) is 63.1 Å². The molecule has 0 atom stereocenters. The third-order valence-electron chi connectivity index (χ3n) is 2.76. The molecule has 0 aliphatic rings. The summed E-state index contributed by atoms with van der Waals surface area (Å²) in [7, 11) is 0. The molecule has 0 bridgehead atoms. The Morgan fingerprint density at radius 1 is 1.17 bits per heavy atom. The molecule has 2 aromatic rings. The Labute approximate surface area is 105 Å². The highest BCUT2D eigenvalue weighted by molar-refractivity contribution is 5.86. The van der Waals surface area contributed by atoms with Crippen molar-refractivity contribution in [2.75, 3.05) is 0 Å². The van der Waals surface area contributed by atoms with Gasteiger partial charge in [0, 0.05) is 5.56 Å². The number of benzene rings is 1. The van der Waals surface area contributed by atoms with Crippen LogP contribution in [0, 0.1) is 0 Å². The molecule has 4 heteroatoms. The number of carboxylic acid groups (broad SMARTS) is 1. The fourth-order valence-corrected chi connectivity index (χ4v) is 1.67. The molecule has 0 radical (unpaired) electrons. The number of aromatic carboxylic acids is 1. The molecule has 0 saturated carbocycles. The summed E-state index contributed by atoms with van der Waals surface area (Å²) in [5, 5.41) is 8.88. The van der Waals surface area contributed by atoms with E-state index in [0.717, 1.165) is 5.56 Å². The van der Waals surface area contributed by atoms with Crippen molar-refractivity contribution in [1.29, 1.82) is 0 Å². The second kappa shape index (κ2) is 4.96. The van der Waals surface area contributed by atoms with Gasteiger partial charge in [-0.3, -0.25) is 0 Å². The van der Waals surface area contributed by atoms with Crippen molar-refractivity contribution < 1.29 is 9.90 Å². The number of carboxylic acids is 1. The van der Waals surface area contributed by atoms with E-state index in [1.165, 1.54) is 18.0 Å². The fourth-order valence-electron chi connectivity index (χ4n) is 1.67. The molecular formula is C14H14N2O2. The second-order valence-corrected chi connectivity index (χ2v) is 4.37. The number of hydrogen-bond donors (Lipinski definition) is 1. The van der Waals surface area contributed by atoms with Crippen LogP contribution in [0.2, 0.25) is 0 Å². The van der Waals surface area contributed by atoms with Gasteiger partial charge in [0.05, 0.1) is 5.69 Å². The van der Waals surface area contributed by atoms with Crippen molar-refractivity contribution in [3.63, 3.8) is 0 Å². The van der Waals surface area contributed by atoms with E-state index in [9.17, 15) is 4.79 Å². The number of rotatable bonds is 3. The summed E-state index contributed by atoms with van der Waals surface area (Å²) in [5.74, 6) is -0.573. The molecule has 1 N–H and O–H groups in total. The standard InChI is InChI=1S/C14H14N2O2/c1-9(2)10-3-5-11(6-4-10)12-7-13(14(17)18)16-8-15-12/h3-9H,1-2H3,(H,17,18). The SMILES string of the molecule is CC(C)c1ccc(-c2cc(C(=O)O)ncn2)cc1. The smallest absolute Gasteiger partial charge is 0.354 e. The summed E-state index contributed by atoms with van der Waals surface area (Å²) in [4.78, 5) is 18.6. The first-order chi connectivity index (χ1) is 8.58. The summed E-state index contributed by atoms with van der Waals surface area (Å²) in [6.07, 6.45) is 1.27. The summed E-state index contributed by atoms with van der Waals surface area (Å²) >= 11 is 0. The predicted octanol–water partition coefficient (Wildman–Crippen LogP) is 2.97. The molecule has 2 rings (SSSR count). The van der Waals surface area contributed by atoms with Crippen LogP contribution >= 0.6 is 0 Å². The van der Waals surface area contributed by atoms with Crippen LogP contribution in [-0.4, -0.2) is 21.0 Å². The van der Waals surface area contributed by atoms with Crippen molar-refractivity contribution in [3.8, 4) is 11.3 Å². The van der Waals surface area contributed by atoms with Gasteiger partial charge in [0.15, 0.2) is 5.69 Å². The molecule has 4 nitrogen and oxygen atoms in total. The van der Waals surface area contributed by atoms with E-state index in [4.69, 9.17) is 5.11 Å². The minimum absolute atomic E-state index is 0.00735. The van der Waals surface area contributed by atoms with E-state index in [1.54, 1.807) is 0 Å². The molecule has 18 heavy (non-hydrogen) atoms. The molecule has 0 amide bonds. The Hall–Kier alpha value is -2.23. The Bertz CT molecular complexity index is 562. The highest BCUT2D eigenvalue weighted by atomic mass is 16.4. The minimum Gasteiger partial charge on any atom is -0.477 e. The average molecular weight is 242 g/mol. The van der Waals surface area contributed by atoms with Gasteiger partial charge in [-0.2, -0.15) is 0 Å². The third-order valence-corrected chi connectivity index (χ3v) is 2.76. The van der Waals surface area contributed by atoms with E-state index in [1.807, 2.05) is 24.3 Å². The first kappa shape index (κ1) is 12.2. The van der Waals surface area contributed by atoms with Gasteiger partial charge in [0.1, 0.15) is 6.33 Å². The van der Waals surface area contributed by atoms with Gasteiger partial charge < -0.3 is 5.11 Å². The highest BCUT2D eigenvalue weighted by Crippen LogP contribution is 2.21.